The van der Waals surface area contributed by atoms with Crippen molar-refractivity contribution >= 4 is 17.6 Å². The highest BCUT2D eigenvalue weighted by atomic mass is 35.5. The van der Waals surface area contributed by atoms with Gasteiger partial charge in [0.15, 0.2) is 0 Å². The fourth-order valence-electron chi connectivity index (χ4n) is 3.12. The molecule has 24 heavy (non-hydrogen) atoms. The van der Waals surface area contributed by atoms with E-state index in [1.165, 1.54) is 7.11 Å². The van der Waals surface area contributed by atoms with Gasteiger partial charge < -0.3 is 14.5 Å². The van der Waals surface area contributed by atoms with E-state index in [1.807, 2.05) is 18.2 Å². The van der Waals surface area contributed by atoms with Crippen LogP contribution in [0.25, 0.3) is 0 Å². The Morgan fingerprint density at radius 2 is 2.25 bits per heavy atom. The Kier molecular flexibility index (Phi) is 5.23. The Bertz CT molecular complexity index is 729. The second kappa shape index (κ2) is 7.38. The van der Waals surface area contributed by atoms with Crippen LogP contribution < -0.4 is 5.32 Å². The van der Waals surface area contributed by atoms with Gasteiger partial charge in [-0.05, 0) is 24.6 Å². The van der Waals surface area contributed by atoms with Crippen LogP contribution in [0.5, 0.6) is 0 Å². The predicted octanol–water partition coefficient (Wildman–Crippen LogP) is 3.17. The summed E-state index contributed by atoms with van der Waals surface area (Å²) in [6.45, 7) is 5.01. The third-order valence-electron chi connectivity index (χ3n) is 4.35. The van der Waals surface area contributed by atoms with Crippen LogP contribution in [0.4, 0.5) is 0 Å². The fraction of sp³-hybridized carbons (Fsp3) is 0.389. The highest BCUT2D eigenvalue weighted by Crippen LogP contribution is 2.30. The number of piperazine rings is 1. The van der Waals surface area contributed by atoms with Crippen molar-refractivity contribution in [3.8, 4) is 0 Å². The highest BCUT2D eigenvalue weighted by molar-refractivity contribution is 6.31. The highest BCUT2D eigenvalue weighted by Gasteiger charge is 2.27. The third kappa shape index (κ3) is 3.48. The van der Waals surface area contributed by atoms with Crippen molar-refractivity contribution in [3.05, 3.63) is 58.0 Å². The summed E-state index contributed by atoms with van der Waals surface area (Å²) in [6, 6.07) is 9.84. The number of aryl methyl sites for hydroxylation is 1. The molecule has 1 unspecified atom stereocenters. The van der Waals surface area contributed by atoms with Crippen molar-refractivity contribution in [2.75, 3.05) is 26.7 Å². The number of hydrogen-bond acceptors (Lipinski definition) is 5. The zero-order chi connectivity index (χ0) is 17.1. The van der Waals surface area contributed by atoms with Crippen molar-refractivity contribution in [2.24, 2.45) is 0 Å². The summed E-state index contributed by atoms with van der Waals surface area (Å²) in [4.78, 5) is 14.1. The summed E-state index contributed by atoms with van der Waals surface area (Å²) in [7, 11) is 1.37. The number of ether oxygens (including phenoxy) is 1. The number of carbonyl (C=O) groups excluding carboxylic acids is 1. The molecule has 1 aliphatic heterocycles. The molecule has 1 saturated heterocycles. The maximum atomic E-state index is 11.7. The van der Waals surface area contributed by atoms with Gasteiger partial charge >= 0.3 is 5.97 Å². The minimum atomic E-state index is -0.370. The zero-order valence-electron chi connectivity index (χ0n) is 13.8. The van der Waals surface area contributed by atoms with E-state index in [2.05, 4.69) is 16.3 Å². The standard InChI is InChI=1S/C18H21ClN2O3/c1-12-15(18(22)23-2)9-13(24-12)11-21-8-7-20-10-17(21)14-5-3-4-6-16(14)19/h3-6,9,17,20H,7-8,10-11H2,1-2H3. The molecule has 1 aromatic heterocycles. The van der Waals surface area contributed by atoms with Gasteiger partial charge in [0.05, 0.1) is 13.7 Å². The van der Waals surface area contributed by atoms with Gasteiger partial charge in [-0.25, -0.2) is 4.79 Å². The number of carbonyl (C=O) groups is 1. The molecule has 1 aliphatic rings. The molecular weight excluding hydrogens is 328 g/mol. The summed E-state index contributed by atoms with van der Waals surface area (Å²) in [5.74, 6) is 0.971. The predicted molar refractivity (Wildman–Crippen MR) is 92.3 cm³/mol. The maximum absolute atomic E-state index is 11.7. The van der Waals surface area contributed by atoms with E-state index in [0.717, 1.165) is 36.0 Å². The molecule has 1 N–H and O–H groups in total. The van der Waals surface area contributed by atoms with Crippen LogP contribution in [-0.2, 0) is 11.3 Å². The quantitative estimate of drug-likeness (QED) is 0.860. The molecule has 1 aromatic carbocycles. The Labute approximate surface area is 146 Å². The van der Waals surface area contributed by atoms with Gasteiger partial charge in [-0.3, -0.25) is 4.90 Å². The third-order valence-corrected chi connectivity index (χ3v) is 4.70. The van der Waals surface area contributed by atoms with E-state index in [0.29, 0.717) is 17.9 Å². The molecule has 1 fully saturated rings. The summed E-state index contributed by atoms with van der Waals surface area (Å²) in [5.41, 5.74) is 1.58. The zero-order valence-corrected chi connectivity index (χ0v) is 14.6. The molecule has 0 radical (unpaired) electrons. The largest absolute Gasteiger partial charge is 0.465 e. The van der Waals surface area contributed by atoms with Crippen LogP contribution in [0.1, 0.15) is 33.5 Å². The molecule has 0 amide bonds. The van der Waals surface area contributed by atoms with Gasteiger partial charge in [0, 0.05) is 30.7 Å². The minimum Gasteiger partial charge on any atom is -0.465 e. The molecule has 0 spiro atoms. The van der Waals surface area contributed by atoms with Gasteiger partial charge in [0.25, 0.3) is 0 Å². The Hall–Kier alpha value is -1.82. The number of hydrogen-bond donors (Lipinski definition) is 1. The second-order valence-corrected chi connectivity index (χ2v) is 6.29. The number of benzene rings is 1. The molecule has 0 aliphatic carbocycles. The smallest absolute Gasteiger partial charge is 0.341 e. The van der Waals surface area contributed by atoms with Crippen molar-refractivity contribution < 1.29 is 13.9 Å². The van der Waals surface area contributed by atoms with Gasteiger partial charge in [-0.15, -0.1) is 0 Å². The van der Waals surface area contributed by atoms with Crippen LogP contribution >= 0.6 is 11.6 Å². The molecule has 2 heterocycles. The lowest BCUT2D eigenvalue weighted by Gasteiger charge is -2.36. The van der Waals surface area contributed by atoms with Crippen molar-refractivity contribution in [1.82, 2.24) is 10.2 Å². The number of halogens is 1. The molecule has 0 saturated carbocycles. The molecule has 1 atom stereocenters. The average Bonchev–Trinajstić information content (AvgIpc) is 2.96. The van der Waals surface area contributed by atoms with Crippen LogP contribution in [0, 0.1) is 6.92 Å². The molecule has 128 valence electrons. The first-order valence-electron chi connectivity index (χ1n) is 7.97. The minimum absolute atomic E-state index is 0.166. The molecular formula is C18H21ClN2O3. The van der Waals surface area contributed by atoms with E-state index in [1.54, 1.807) is 13.0 Å². The van der Waals surface area contributed by atoms with Gasteiger partial charge in [-0.2, -0.15) is 0 Å². The van der Waals surface area contributed by atoms with Crippen LogP contribution in [0.3, 0.4) is 0 Å². The number of methoxy groups -OCH3 is 1. The van der Waals surface area contributed by atoms with E-state index in [4.69, 9.17) is 20.8 Å². The van der Waals surface area contributed by atoms with E-state index < -0.39 is 0 Å². The fourth-order valence-corrected chi connectivity index (χ4v) is 3.38. The lowest BCUT2D eigenvalue weighted by atomic mass is 10.0. The number of furan rings is 1. The normalized spacial score (nSPS) is 18.5. The van der Waals surface area contributed by atoms with Gasteiger partial charge in [0.1, 0.15) is 17.1 Å². The van der Waals surface area contributed by atoms with E-state index >= 15 is 0 Å². The van der Waals surface area contributed by atoms with E-state index in [-0.39, 0.29) is 12.0 Å². The molecule has 3 rings (SSSR count). The Morgan fingerprint density at radius 3 is 3.00 bits per heavy atom. The lowest BCUT2D eigenvalue weighted by molar-refractivity contribution is 0.0599. The van der Waals surface area contributed by atoms with Crippen molar-refractivity contribution in [1.29, 1.82) is 0 Å². The molecule has 0 bridgehead atoms. The molecule has 6 heteroatoms. The number of rotatable bonds is 4. The van der Waals surface area contributed by atoms with Crippen LogP contribution in [0.2, 0.25) is 5.02 Å². The molecule has 2 aromatic rings. The summed E-state index contributed by atoms with van der Waals surface area (Å²) >= 11 is 6.38. The lowest BCUT2D eigenvalue weighted by Crippen LogP contribution is -2.45. The van der Waals surface area contributed by atoms with E-state index in [9.17, 15) is 4.79 Å². The first-order chi connectivity index (χ1) is 11.6. The first-order valence-corrected chi connectivity index (χ1v) is 8.34. The maximum Gasteiger partial charge on any atom is 0.341 e. The number of nitrogens with one attached hydrogen (secondary N) is 1. The summed E-state index contributed by atoms with van der Waals surface area (Å²) < 4.78 is 10.5. The van der Waals surface area contributed by atoms with Crippen molar-refractivity contribution in [2.45, 2.75) is 19.5 Å². The van der Waals surface area contributed by atoms with Gasteiger partial charge in [-0.1, -0.05) is 29.8 Å². The Morgan fingerprint density at radius 1 is 1.46 bits per heavy atom. The number of nitrogens with zero attached hydrogens (tertiary/aromatic N) is 1. The summed E-state index contributed by atoms with van der Waals surface area (Å²) in [5, 5.41) is 4.18. The SMILES string of the molecule is COC(=O)c1cc(CN2CCNCC2c2ccccc2Cl)oc1C. The van der Waals surface area contributed by atoms with Crippen LogP contribution in [0.15, 0.2) is 34.7 Å². The topological polar surface area (TPSA) is 54.7 Å². The Balaban J connectivity index is 1.82. The van der Waals surface area contributed by atoms with Crippen LogP contribution in [-0.4, -0.2) is 37.6 Å². The summed E-state index contributed by atoms with van der Waals surface area (Å²) in [6.07, 6.45) is 0. The molecule has 5 nitrogen and oxygen atoms in total. The van der Waals surface area contributed by atoms with Crippen molar-refractivity contribution in [3.63, 3.8) is 0 Å². The van der Waals surface area contributed by atoms with Gasteiger partial charge in [0.2, 0.25) is 0 Å². The number of esters is 1. The monoisotopic (exact) mass is 348 g/mol. The second-order valence-electron chi connectivity index (χ2n) is 5.89. The first kappa shape index (κ1) is 17.0. The average molecular weight is 349 g/mol.